The van der Waals surface area contributed by atoms with Crippen LogP contribution in [0, 0.1) is 24.2 Å². The number of anilines is 1. The SMILES string of the molecule is CCOc1ccccc1NC(=O)[C@@H](C#N)Cc1ccc(C)o1. The van der Waals surface area contributed by atoms with Gasteiger partial charge < -0.3 is 14.5 Å². The molecule has 5 heteroatoms. The topological polar surface area (TPSA) is 75.3 Å². The van der Waals surface area contributed by atoms with Crippen molar-refractivity contribution in [2.24, 2.45) is 5.92 Å². The van der Waals surface area contributed by atoms with Gasteiger partial charge in [-0.1, -0.05) is 12.1 Å². The Morgan fingerprint density at radius 3 is 2.77 bits per heavy atom. The number of rotatable bonds is 6. The van der Waals surface area contributed by atoms with Crippen LogP contribution in [0.4, 0.5) is 5.69 Å². The van der Waals surface area contributed by atoms with Crippen LogP contribution in [-0.2, 0) is 11.2 Å². The number of aryl methyl sites for hydroxylation is 1. The van der Waals surface area contributed by atoms with Crippen LogP contribution >= 0.6 is 0 Å². The fraction of sp³-hybridized carbons (Fsp3) is 0.294. The maximum Gasteiger partial charge on any atom is 0.242 e. The molecule has 0 aliphatic carbocycles. The number of furan rings is 1. The molecule has 0 radical (unpaired) electrons. The molecule has 0 saturated carbocycles. The van der Waals surface area contributed by atoms with Crippen molar-refractivity contribution in [3.63, 3.8) is 0 Å². The van der Waals surface area contributed by atoms with Crippen LogP contribution in [0.25, 0.3) is 0 Å². The third-order valence-electron chi connectivity index (χ3n) is 3.12. The molecule has 0 fully saturated rings. The molecular weight excluding hydrogens is 280 g/mol. The van der Waals surface area contributed by atoms with Gasteiger partial charge in [0.2, 0.25) is 5.91 Å². The van der Waals surface area contributed by atoms with Crippen LogP contribution in [0.2, 0.25) is 0 Å². The van der Waals surface area contributed by atoms with Gasteiger partial charge in [0.15, 0.2) is 0 Å². The van der Waals surface area contributed by atoms with Crippen LogP contribution < -0.4 is 10.1 Å². The smallest absolute Gasteiger partial charge is 0.242 e. The van der Waals surface area contributed by atoms with E-state index in [-0.39, 0.29) is 12.3 Å². The molecule has 1 heterocycles. The van der Waals surface area contributed by atoms with E-state index in [9.17, 15) is 10.1 Å². The van der Waals surface area contributed by atoms with Crippen molar-refractivity contribution in [1.29, 1.82) is 5.26 Å². The number of amides is 1. The number of nitriles is 1. The number of hydrogen-bond donors (Lipinski definition) is 1. The highest BCUT2D eigenvalue weighted by Gasteiger charge is 2.21. The minimum atomic E-state index is -0.819. The monoisotopic (exact) mass is 298 g/mol. The molecule has 2 rings (SSSR count). The molecule has 0 saturated heterocycles. The fourth-order valence-corrected chi connectivity index (χ4v) is 2.06. The maximum atomic E-state index is 12.3. The predicted octanol–water partition coefficient (Wildman–Crippen LogP) is 3.31. The normalized spacial score (nSPS) is 11.5. The number of benzene rings is 1. The Bertz CT molecular complexity index is 685. The zero-order valence-corrected chi connectivity index (χ0v) is 12.6. The first-order valence-corrected chi connectivity index (χ1v) is 7.11. The van der Waals surface area contributed by atoms with Crippen molar-refractivity contribution in [2.75, 3.05) is 11.9 Å². The van der Waals surface area contributed by atoms with E-state index >= 15 is 0 Å². The predicted molar refractivity (Wildman–Crippen MR) is 82.5 cm³/mol. The summed E-state index contributed by atoms with van der Waals surface area (Å²) in [6.45, 7) is 4.19. The first-order chi connectivity index (χ1) is 10.6. The van der Waals surface area contributed by atoms with E-state index < -0.39 is 5.92 Å². The number of nitrogens with one attached hydrogen (secondary N) is 1. The lowest BCUT2D eigenvalue weighted by Gasteiger charge is -2.13. The summed E-state index contributed by atoms with van der Waals surface area (Å²) in [4.78, 5) is 12.3. The number of carbonyl (C=O) groups is 1. The van der Waals surface area contributed by atoms with Gasteiger partial charge in [0, 0.05) is 6.42 Å². The van der Waals surface area contributed by atoms with Crippen LogP contribution in [0.5, 0.6) is 5.75 Å². The van der Waals surface area contributed by atoms with Gasteiger partial charge in [-0.3, -0.25) is 4.79 Å². The summed E-state index contributed by atoms with van der Waals surface area (Å²) < 4.78 is 10.9. The third-order valence-corrected chi connectivity index (χ3v) is 3.12. The van der Waals surface area contributed by atoms with E-state index in [2.05, 4.69) is 5.32 Å². The molecule has 1 N–H and O–H groups in total. The molecule has 0 bridgehead atoms. The molecule has 1 aromatic carbocycles. The lowest BCUT2D eigenvalue weighted by Crippen LogP contribution is -2.23. The van der Waals surface area contributed by atoms with Gasteiger partial charge in [0.25, 0.3) is 0 Å². The molecule has 0 aliphatic heterocycles. The maximum absolute atomic E-state index is 12.3. The lowest BCUT2D eigenvalue weighted by atomic mass is 10.0. The summed E-state index contributed by atoms with van der Waals surface area (Å²) in [6, 6.07) is 12.8. The molecule has 2 aromatic rings. The van der Waals surface area contributed by atoms with Crippen LogP contribution in [0.1, 0.15) is 18.4 Å². The second-order valence-electron chi connectivity index (χ2n) is 4.82. The van der Waals surface area contributed by atoms with Gasteiger partial charge >= 0.3 is 0 Å². The Labute approximate surface area is 129 Å². The average Bonchev–Trinajstić information content (AvgIpc) is 2.92. The highest BCUT2D eigenvalue weighted by Crippen LogP contribution is 2.24. The van der Waals surface area contributed by atoms with Crippen LogP contribution in [-0.4, -0.2) is 12.5 Å². The van der Waals surface area contributed by atoms with Gasteiger partial charge in [-0.15, -0.1) is 0 Å². The first kappa shape index (κ1) is 15.6. The molecule has 5 nitrogen and oxygen atoms in total. The summed E-state index contributed by atoms with van der Waals surface area (Å²) in [5.41, 5.74) is 0.560. The zero-order chi connectivity index (χ0) is 15.9. The van der Waals surface area contributed by atoms with E-state index in [1.54, 1.807) is 24.3 Å². The van der Waals surface area contributed by atoms with Gasteiger partial charge in [-0.05, 0) is 38.1 Å². The molecule has 22 heavy (non-hydrogen) atoms. The molecule has 0 spiro atoms. The zero-order valence-electron chi connectivity index (χ0n) is 12.6. The number of carbonyl (C=O) groups excluding carboxylic acids is 1. The molecule has 1 amide bonds. The van der Waals surface area contributed by atoms with E-state index in [0.717, 1.165) is 5.76 Å². The van der Waals surface area contributed by atoms with E-state index in [1.165, 1.54) is 0 Å². The largest absolute Gasteiger partial charge is 0.492 e. The van der Waals surface area contributed by atoms with Gasteiger partial charge in [-0.2, -0.15) is 5.26 Å². The van der Waals surface area contributed by atoms with Crippen molar-refractivity contribution in [3.8, 4) is 11.8 Å². The number of para-hydroxylation sites is 2. The Balaban J connectivity index is 2.08. The summed E-state index contributed by atoms with van der Waals surface area (Å²) >= 11 is 0. The minimum absolute atomic E-state index is 0.243. The second kappa shape index (κ2) is 7.32. The van der Waals surface area contributed by atoms with Gasteiger partial charge in [0.1, 0.15) is 23.2 Å². The van der Waals surface area contributed by atoms with E-state index in [4.69, 9.17) is 9.15 Å². The average molecular weight is 298 g/mol. The third kappa shape index (κ3) is 3.89. The number of hydrogen-bond acceptors (Lipinski definition) is 4. The van der Waals surface area contributed by atoms with Crippen molar-refractivity contribution in [1.82, 2.24) is 0 Å². The van der Waals surface area contributed by atoms with E-state index in [1.807, 2.05) is 32.0 Å². The van der Waals surface area contributed by atoms with E-state index in [0.29, 0.717) is 23.8 Å². The van der Waals surface area contributed by atoms with Gasteiger partial charge in [0.05, 0.1) is 18.4 Å². The highest BCUT2D eigenvalue weighted by molar-refractivity contribution is 5.95. The first-order valence-electron chi connectivity index (χ1n) is 7.11. The van der Waals surface area contributed by atoms with Crippen molar-refractivity contribution < 1.29 is 13.9 Å². The molecule has 1 aromatic heterocycles. The second-order valence-corrected chi connectivity index (χ2v) is 4.82. The standard InChI is InChI=1S/C17H18N2O3/c1-3-21-16-7-5-4-6-15(16)19-17(20)13(11-18)10-14-9-8-12(2)22-14/h4-9,13H,3,10H2,1-2H3,(H,19,20)/t13-/m1/s1. The Kier molecular flexibility index (Phi) is 5.21. The Hall–Kier alpha value is -2.74. The molecule has 0 unspecified atom stereocenters. The molecule has 0 aliphatic rings. The van der Waals surface area contributed by atoms with Gasteiger partial charge in [-0.25, -0.2) is 0 Å². The minimum Gasteiger partial charge on any atom is -0.492 e. The quantitative estimate of drug-likeness (QED) is 0.887. The van der Waals surface area contributed by atoms with Crippen molar-refractivity contribution in [3.05, 3.63) is 47.9 Å². The summed E-state index contributed by atoms with van der Waals surface area (Å²) in [7, 11) is 0. The molecular formula is C17H18N2O3. The fourth-order valence-electron chi connectivity index (χ4n) is 2.06. The number of ether oxygens (including phenoxy) is 1. The van der Waals surface area contributed by atoms with Crippen LogP contribution in [0.3, 0.4) is 0 Å². The highest BCUT2D eigenvalue weighted by atomic mass is 16.5. The summed E-state index contributed by atoms with van der Waals surface area (Å²) in [5.74, 6) is 0.777. The lowest BCUT2D eigenvalue weighted by molar-refractivity contribution is -0.118. The summed E-state index contributed by atoms with van der Waals surface area (Å²) in [5, 5.41) is 12.0. The Morgan fingerprint density at radius 2 is 2.14 bits per heavy atom. The molecule has 1 atom stereocenters. The molecule has 114 valence electrons. The van der Waals surface area contributed by atoms with Crippen molar-refractivity contribution >= 4 is 11.6 Å². The van der Waals surface area contributed by atoms with Crippen molar-refractivity contribution in [2.45, 2.75) is 20.3 Å². The summed E-state index contributed by atoms with van der Waals surface area (Å²) in [6.07, 6.45) is 0.243. The number of nitrogens with zero attached hydrogens (tertiary/aromatic N) is 1. The van der Waals surface area contributed by atoms with Crippen LogP contribution in [0.15, 0.2) is 40.8 Å². The Morgan fingerprint density at radius 1 is 1.36 bits per heavy atom.